The molecule has 0 aromatic heterocycles. The van der Waals surface area contributed by atoms with E-state index < -0.39 is 5.38 Å². The Morgan fingerprint density at radius 2 is 1.38 bits per heavy atom. The molecule has 0 aromatic carbocycles. The number of hydrogen-bond donors (Lipinski definition) is 2. The van der Waals surface area contributed by atoms with Gasteiger partial charge in [-0.3, -0.25) is 0 Å². The SMILES string of the molecule is Cl.Cl.N=CC(Cl)C=N. The van der Waals surface area contributed by atoms with E-state index in [2.05, 4.69) is 0 Å². The first-order valence-electron chi connectivity index (χ1n) is 1.46. The van der Waals surface area contributed by atoms with Gasteiger partial charge >= 0.3 is 0 Å². The molecule has 0 aliphatic carbocycles. The van der Waals surface area contributed by atoms with Crippen LogP contribution < -0.4 is 0 Å². The van der Waals surface area contributed by atoms with Gasteiger partial charge in [-0.05, 0) is 0 Å². The quantitative estimate of drug-likeness (QED) is 0.477. The Morgan fingerprint density at radius 1 is 1.12 bits per heavy atom. The normalized spacial score (nSPS) is 9.62. The molecule has 0 unspecified atom stereocenters. The standard InChI is InChI=1S/C3H5ClN2.2ClH/c4-3(1-5)2-6;;/h1-3,5-6H;2*1H. The van der Waals surface area contributed by atoms with Crippen molar-refractivity contribution in [3.05, 3.63) is 0 Å². The molecule has 0 saturated heterocycles. The van der Waals surface area contributed by atoms with Crippen molar-refractivity contribution in [2.45, 2.75) is 5.38 Å². The molecule has 0 saturated carbocycles. The van der Waals surface area contributed by atoms with Gasteiger partial charge in [0.05, 0.1) is 0 Å². The number of rotatable bonds is 2. The highest BCUT2D eigenvalue weighted by Gasteiger charge is 1.86. The van der Waals surface area contributed by atoms with Gasteiger partial charge in [0.15, 0.2) is 0 Å². The van der Waals surface area contributed by atoms with Gasteiger partial charge in [-0.25, -0.2) is 0 Å². The van der Waals surface area contributed by atoms with Crippen LogP contribution in [0.3, 0.4) is 0 Å². The van der Waals surface area contributed by atoms with Crippen molar-refractivity contribution in [2.75, 3.05) is 0 Å². The summed E-state index contributed by atoms with van der Waals surface area (Å²) in [5.41, 5.74) is 0. The number of hydrogen-bond acceptors (Lipinski definition) is 2. The van der Waals surface area contributed by atoms with Crippen molar-refractivity contribution >= 4 is 48.8 Å². The second-order valence-electron chi connectivity index (χ2n) is 0.778. The molecule has 0 spiro atoms. The largest absolute Gasteiger partial charge is 0.311 e. The highest BCUT2D eigenvalue weighted by atomic mass is 35.5. The van der Waals surface area contributed by atoms with Gasteiger partial charge in [-0.1, -0.05) is 0 Å². The summed E-state index contributed by atoms with van der Waals surface area (Å²) in [4.78, 5) is 0. The number of alkyl halides is 1. The smallest absolute Gasteiger partial charge is 0.102 e. The third-order valence-corrected chi connectivity index (χ3v) is 0.570. The van der Waals surface area contributed by atoms with Crippen LogP contribution in [0.5, 0.6) is 0 Å². The monoisotopic (exact) mass is 176 g/mol. The van der Waals surface area contributed by atoms with Crippen molar-refractivity contribution in [1.29, 1.82) is 10.8 Å². The lowest BCUT2D eigenvalue weighted by Gasteiger charge is -1.81. The Bertz CT molecular complexity index is 57.5. The second-order valence-corrected chi connectivity index (χ2v) is 1.28. The molecular weight excluding hydrogens is 170 g/mol. The van der Waals surface area contributed by atoms with E-state index in [1.54, 1.807) is 0 Å². The molecule has 0 fully saturated rings. The van der Waals surface area contributed by atoms with Crippen molar-refractivity contribution in [2.24, 2.45) is 0 Å². The predicted octanol–water partition coefficient (Wildman–Crippen LogP) is 1.74. The summed E-state index contributed by atoms with van der Waals surface area (Å²) in [6.07, 6.45) is 1.99. The van der Waals surface area contributed by atoms with Crippen LogP contribution >= 0.6 is 36.4 Å². The molecule has 0 amide bonds. The summed E-state index contributed by atoms with van der Waals surface area (Å²) >= 11 is 5.16. The molecule has 0 atom stereocenters. The zero-order valence-corrected chi connectivity index (χ0v) is 6.32. The number of nitrogens with one attached hydrogen (secondary N) is 2. The predicted molar refractivity (Wildman–Crippen MR) is 41.7 cm³/mol. The fourth-order valence-electron chi connectivity index (χ4n) is 0.0481. The average molecular weight is 177 g/mol. The maximum Gasteiger partial charge on any atom is 0.102 e. The van der Waals surface area contributed by atoms with Crippen LogP contribution in [0.2, 0.25) is 0 Å². The van der Waals surface area contributed by atoms with Crippen LogP contribution in [0.1, 0.15) is 0 Å². The maximum atomic E-state index is 6.40. The van der Waals surface area contributed by atoms with Crippen molar-refractivity contribution < 1.29 is 0 Å². The fraction of sp³-hybridized carbons (Fsp3) is 0.333. The van der Waals surface area contributed by atoms with E-state index in [-0.39, 0.29) is 24.8 Å². The molecule has 0 heterocycles. The molecule has 0 aliphatic rings. The van der Waals surface area contributed by atoms with E-state index in [9.17, 15) is 0 Å². The van der Waals surface area contributed by atoms with Crippen LogP contribution in [-0.2, 0) is 0 Å². The van der Waals surface area contributed by atoms with Gasteiger partial charge in [0.1, 0.15) is 5.38 Å². The third kappa shape index (κ3) is 9.51. The molecule has 5 heteroatoms. The number of halogens is 3. The summed E-state index contributed by atoms with van der Waals surface area (Å²) in [6, 6.07) is 0. The van der Waals surface area contributed by atoms with Crippen molar-refractivity contribution in [3.63, 3.8) is 0 Å². The third-order valence-electron chi connectivity index (χ3n) is 0.318. The summed E-state index contributed by atoms with van der Waals surface area (Å²) < 4.78 is 0. The van der Waals surface area contributed by atoms with Gasteiger partial charge in [0.2, 0.25) is 0 Å². The minimum absolute atomic E-state index is 0. The van der Waals surface area contributed by atoms with Crippen molar-refractivity contribution in [3.8, 4) is 0 Å². The molecule has 0 aliphatic heterocycles. The highest BCUT2D eigenvalue weighted by molar-refractivity contribution is 6.35. The zero-order valence-electron chi connectivity index (χ0n) is 3.93. The first-order valence-corrected chi connectivity index (χ1v) is 1.90. The molecule has 2 N–H and O–H groups in total. The van der Waals surface area contributed by atoms with Gasteiger partial charge in [0, 0.05) is 12.4 Å². The Balaban J connectivity index is -0.000000125. The molecule has 8 heavy (non-hydrogen) atoms. The molecular formula is C3H7Cl3N2. The van der Waals surface area contributed by atoms with Crippen LogP contribution in [0.25, 0.3) is 0 Å². The van der Waals surface area contributed by atoms with Crippen LogP contribution in [-0.4, -0.2) is 17.8 Å². The zero-order chi connectivity index (χ0) is 4.99. The van der Waals surface area contributed by atoms with E-state index in [4.69, 9.17) is 22.4 Å². The van der Waals surface area contributed by atoms with Crippen LogP contribution in [0.15, 0.2) is 0 Å². The summed E-state index contributed by atoms with van der Waals surface area (Å²) in [5, 5.41) is 12.3. The molecule has 0 aromatic rings. The summed E-state index contributed by atoms with van der Waals surface area (Å²) in [5.74, 6) is 0. The van der Waals surface area contributed by atoms with Crippen LogP contribution in [0.4, 0.5) is 0 Å². The van der Waals surface area contributed by atoms with E-state index in [1.807, 2.05) is 0 Å². The molecule has 0 rings (SSSR count). The first kappa shape index (κ1) is 15.7. The average Bonchev–Trinajstić information content (AvgIpc) is 1.65. The first-order chi connectivity index (χ1) is 2.81. The molecule has 2 nitrogen and oxygen atoms in total. The Morgan fingerprint density at radius 3 is 1.38 bits per heavy atom. The van der Waals surface area contributed by atoms with Gasteiger partial charge < -0.3 is 10.8 Å². The minimum Gasteiger partial charge on any atom is -0.311 e. The Labute approximate surface area is 65.4 Å². The van der Waals surface area contributed by atoms with Gasteiger partial charge in [-0.2, -0.15) is 0 Å². The van der Waals surface area contributed by atoms with E-state index in [0.29, 0.717) is 0 Å². The Kier molecular flexibility index (Phi) is 20.1. The lowest BCUT2D eigenvalue weighted by Crippen LogP contribution is -1.97. The second kappa shape index (κ2) is 10.2. The van der Waals surface area contributed by atoms with Gasteiger partial charge in [0.25, 0.3) is 0 Å². The lowest BCUT2D eigenvalue weighted by atomic mass is 10.5. The maximum absolute atomic E-state index is 6.40. The van der Waals surface area contributed by atoms with E-state index in [1.165, 1.54) is 0 Å². The van der Waals surface area contributed by atoms with Gasteiger partial charge in [-0.15, -0.1) is 36.4 Å². The minimum atomic E-state index is -0.509. The lowest BCUT2D eigenvalue weighted by molar-refractivity contribution is 1.45. The molecule has 0 bridgehead atoms. The molecule has 50 valence electrons. The van der Waals surface area contributed by atoms with E-state index in [0.717, 1.165) is 12.4 Å². The Hall–Kier alpha value is 0.210. The molecule has 0 radical (unpaired) electrons. The fourth-order valence-corrected chi connectivity index (χ4v) is 0.0481. The van der Waals surface area contributed by atoms with E-state index >= 15 is 0 Å². The topological polar surface area (TPSA) is 47.7 Å². The summed E-state index contributed by atoms with van der Waals surface area (Å²) in [6.45, 7) is 0. The van der Waals surface area contributed by atoms with Crippen LogP contribution in [0, 0.1) is 10.8 Å². The summed E-state index contributed by atoms with van der Waals surface area (Å²) in [7, 11) is 0. The van der Waals surface area contributed by atoms with Crippen molar-refractivity contribution in [1.82, 2.24) is 0 Å². The highest BCUT2D eigenvalue weighted by Crippen LogP contribution is 1.81.